The molecule has 0 aliphatic heterocycles. The Kier molecular flexibility index (Phi) is 6.28. The van der Waals surface area contributed by atoms with Gasteiger partial charge in [0.05, 0.1) is 0 Å². The molecule has 4 nitrogen and oxygen atoms in total. The molecular formula is C12H12Cl3NO3. The van der Waals surface area contributed by atoms with Gasteiger partial charge in [0.15, 0.2) is 11.5 Å². The van der Waals surface area contributed by atoms with E-state index in [-0.39, 0.29) is 19.0 Å². The van der Waals surface area contributed by atoms with Crippen LogP contribution in [-0.4, -0.2) is 28.0 Å². The average molecular weight is 325 g/mol. The van der Waals surface area contributed by atoms with E-state index in [2.05, 4.69) is 0 Å². The quantitative estimate of drug-likeness (QED) is 0.376. The Hall–Kier alpha value is -1.10. The maximum atomic E-state index is 9.43. The van der Waals surface area contributed by atoms with Gasteiger partial charge in [-0.25, -0.2) is 0 Å². The largest absolute Gasteiger partial charge is 0.504 e. The molecule has 0 saturated heterocycles. The molecule has 0 bridgehead atoms. The summed E-state index contributed by atoms with van der Waals surface area (Å²) in [5.74, 6) is 0.0241. The minimum Gasteiger partial charge on any atom is -0.504 e. The standard InChI is InChI=1S/C12H12Cl3NO3/c13-12(14,15)11(16)19-8-4-3-7-18-10-6-2-1-5-9(10)17/h1-6,16-17H,7-8H2/b4-3+,16-11?. The fourth-order valence-corrected chi connectivity index (χ4v) is 1.23. The van der Waals surface area contributed by atoms with Crippen LogP contribution in [0.25, 0.3) is 0 Å². The zero-order chi connectivity index (χ0) is 14.3. The number of aromatic hydroxyl groups is 1. The van der Waals surface area contributed by atoms with Gasteiger partial charge in [-0.2, -0.15) is 0 Å². The number of benzene rings is 1. The lowest BCUT2D eigenvalue weighted by atomic mass is 10.3. The predicted molar refractivity (Wildman–Crippen MR) is 76.7 cm³/mol. The highest BCUT2D eigenvalue weighted by atomic mass is 35.6. The molecule has 0 amide bonds. The Morgan fingerprint density at radius 1 is 1.21 bits per heavy atom. The maximum absolute atomic E-state index is 9.43. The zero-order valence-corrected chi connectivity index (χ0v) is 12.0. The molecule has 0 fully saturated rings. The summed E-state index contributed by atoms with van der Waals surface area (Å²) in [4.78, 5) is 0. The van der Waals surface area contributed by atoms with E-state index < -0.39 is 9.69 Å². The number of nitrogens with one attached hydrogen (secondary N) is 1. The average Bonchev–Trinajstić information content (AvgIpc) is 2.34. The second-order valence-corrected chi connectivity index (χ2v) is 5.67. The number of hydrogen-bond donors (Lipinski definition) is 2. The van der Waals surface area contributed by atoms with Gasteiger partial charge in [0.2, 0.25) is 5.90 Å². The van der Waals surface area contributed by atoms with Crippen molar-refractivity contribution in [3.63, 3.8) is 0 Å². The monoisotopic (exact) mass is 323 g/mol. The minimum atomic E-state index is -1.85. The van der Waals surface area contributed by atoms with Crippen molar-refractivity contribution in [1.82, 2.24) is 0 Å². The first-order valence-corrected chi connectivity index (χ1v) is 6.39. The van der Waals surface area contributed by atoms with E-state index in [1.807, 2.05) is 0 Å². The summed E-state index contributed by atoms with van der Waals surface area (Å²) in [6.07, 6.45) is 3.28. The van der Waals surface area contributed by atoms with Gasteiger partial charge in [-0.1, -0.05) is 46.9 Å². The number of para-hydroxylation sites is 2. The number of rotatable bonds is 5. The van der Waals surface area contributed by atoms with Crippen LogP contribution in [-0.2, 0) is 4.74 Å². The molecule has 104 valence electrons. The lowest BCUT2D eigenvalue weighted by Crippen LogP contribution is -2.21. The van der Waals surface area contributed by atoms with Crippen LogP contribution in [0.5, 0.6) is 11.5 Å². The van der Waals surface area contributed by atoms with Crippen LogP contribution < -0.4 is 4.74 Å². The van der Waals surface area contributed by atoms with Crippen LogP contribution in [0.3, 0.4) is 0 Å². The van der Waals surface area contributed by atoms with E-state index in [0.29, 0.717) is 5.75 Å². The molecule has 1 aromatic rings. The Labute approximate surface area is 126 Å². The van der Waals surface area contributed by atoms with E-state index in [4.69, 9.17) is 49.7 Å². The summed E-state index contributed by atoms with van der Waals surface area (Å²) in [6.45, 7) is 0.346. The third-order valence-electron chi connectivity index (χ3n) is 1.95. The maximum Gasteiger partial charge on any atom is 0.265 e. The van der Waals surface area contributed by atoms with Crippen LogP contribution >= 0.6 is 34.8 Å². The predicted octanol–water partition coefficient (Wildman–Crippen LogP) is 3.69. The van der Waals surface area contributed by atoms with Crippen molar-refractivity contribution in [2.75, 3.05) is 13.2 Å². The zero-order valence-electron chi connectivity index (χ0n) is 9.78. The van der Waals surface area contributed by atoms with Gasteiger partial charge in [0.25, 0.3) is 3.79 Å². The van der Waals surface area contributed by atoms with Crippen molar-refractivity contribution < 1.29 is 14.6 Å². The number of phenols is 1. The molecule has 0 radical (unpaired) electrons. The third kappa shape index (κ3) is 6.05. The van der Waals surface area contributed by atoms with E-state index in [1.54, 1.807) is 30.4 Å². The number of phenolic OH excluding ortho intramolecular Hbond substituents is 1. The summed E-state index contributed by atoms with van der Waals surface area (Å²) >= 11 is 16.3. The Balaban J connectivity index is 2.25. The van der Waals surface area contributed by atoms with Crippen LogP contribution in [0.15, 0.2) is 36.4 Å². The van der Waals surface area contributed by atoms with Gasteiger partial charge in [-0.15, -0.1) is 0 Å². The summed E-state index contributed by atoms with van der Waals surface area (Å²) < 4.78 is 8.32. The fourth-order valence-electron chi connectivity index (χ4n) is 1.07. The molecule has 7 heteroatoms. The van der Waals surface area contributed by atoms with E-state index in [1.165, 1.54) is 6.07 Å². The number of halogens is 3. The van der Waals surface area contributed by atoms with Crippen molar-refractivity contribution in [1.29, 1.82) is 5.41 Å². The normalized spacial score (nSPS) is 11.5. The molecule has 0 heterocycles. The fraction of sp³-hybridized carbons (Fsp3) is 0.250. The van der Waals surface area contributed by atoms with Crippen molar-refractivity contribution in [3.8, 4) is 11.5 Å². The molecule has 19 heavy (non-hydrogen) atoms. The molecule has 0 aliphatic carbocycles. The van der Waals surface area contributed by atoms with E-state index >= 15 is 0 Å². The van der Waals surface area contributed by atoms with Gasteiger partial charge in [-0.3, -0.25) is 5.41 Å². The number of ether oxygens (including phenoxy) is 2. The highest BCUT2D eigenvalue weighted by Gasteiger charge is 2.28. The summed E-state index contributed by atoms with van der Waals surface area (Å²) in [7, 11) is 0. The lowest BCUT2D eigenvalue weighted by molar-refractivity contribution is 0.327. The molecular weight excluding hydrogens is 312 g/mol. The Bertz CT molecular complexity index is 458. The SMILES string of the molecule is N=C(OC/C=C/COc1ccccc1O)C(Cl)(Cl)Cl. The van der Waals surface area contributed by atoms with Crippen molar-refractivity contribution in [2.45, 2.75) is 3.79 Å². The van der Waals surface area contributed by atoms with Crippen LogP contribution in [0.2, 0.25) is 0 Å². The Morgan fingerprint density at radius 3 is 2.47 bits per heavy atom. The first-order chi connectivity index (χ1) is 8.91. The first kappa shape index (κ1) is 16.0. The molecule has 0 aromatic heterocycles. The molecule has 0 aliphatic rings. The first-order valence-electron chi connectivity index (χ1n) is 5.25. The van der Waals surface area contributed by atoms with Crippen LogP contribution in [0.1, 0.15) is 0 Å². The molecule has 0 saturated carbocycles. The van der Waals surface area contributed by atoms with Gasteiger partial charge in [0, 0.05) is 0 Å². The van der Waals surface area contributed by atoms with Crippen LogP contribution in [0.4, 0.5) is 0 Å². The number of alkyl halides is 3. The molecule has 0 spiro atoms. The second-order valence-electron chi connectivity index (χ2n) is 3.39. The van der Waals surface area contributed by atoms with E-state index in [0.717, 1.165) is 0 Å². The van der Waals surface area contributed by atoms with Crippen molar-refractivity contribution in [2.24, 2.45) is 0 Å². The Morgan fingerprint density at radius 2 is 1.84 bits per heavy atom. The minimum absolute atomic E-state index is 0.0742. The van der Waals surface area contributed by atoms with Gasteiger partial charge < -0.3 is 14.6 Å². The summed E-state index contributed by atoms with van der Waals surface area (Å²) in [5, 5.41) is 16.7. The third-order valence-corrected chi connectivity index (χ3v) is 2.46. The van der Waals surface area contributed by atoms with Crippen molar-refractivity contribution in [3.05, 3.63) is 36.4 Å². The molecule has 0 unspecified atom stereocenters. The lowest BCUT2D eigenvalue weighted by Gasteiger charge is -2.11. The van der Waals surface area contributed by atoms with Crippen LogP contribution in [0, 0.1) is 5.41 Å². The summed E-state index contributed by atoms with van der Waals surface area (Å²) in [5.41, 5.74) is 0. The number of hydrogen-bond acceptors (Lipinski definition) is 4. The topological polar surface area (TPSA) is 62.5 Å². The highest BCUT2D eigenvalue weighted by molar-refractivity contribution is 6.76. The molecule has 0 atom stereocenters. The van der Waals surface area contributed by atoms with Gasteiger partial charge in [-0.05, 0) is 24.3 Å². The molecule has 1 aromatic carbocycles. The highest BCUT2D eigenvalue weighted by Crippen LogP contribution is 2.27. The summed E-state index contributed by atoms with van der Waals surface area (Å²) in [6, 6.07) is 6.64. The molecule has 2 N–H and O–H groups in total. The molecule has 1 rings (SSSR count). The van der Waals surface area contributed by atoms with Crippen molar-refractivity contribution >= 4 is 40.7 Å². The smallest absolute Gasteiger partial charge is 0.265 e. The van der Waals surface area contributed by atoms with Gasteiger partial charge >= 0.3 is 0 Å². The second kappa shape index (κ2) is 7.48. The van der Waals surface area contributed by atoms with E-state index in [9.17, 15) is 5.11 Å². The van der Waals surface area contributed by atoms with Gasteiger partial charge in [0.1, 0.15) is 13.2 Å².